The molecule has 0 aliphatic carbocycles. The van der Waals surface area contributed by atoms with E-state index in [2.05, 4.69) is 22.3 Å². The Hall–Kier alpha value is -2.13. The van der Waals surface area contributed by atoms with Crippen molar-refractivity contribution in [2.24, 2.45) is 0 Å². The summed E-state index contributed by atoms with van der Waals surface area (Å²) in [5, 5.41) is 2.70. The van der Waals surface area contributed by atoms with Gasteiger partial charge in [0.05, 0.1) is 11.9 Å². The molecule has 0 atom stereocenters. The molecule has 0 bridgehead atoms. The van der Waals surface area contributed by atoms with Crippen molar-refractivity contribution in [3.05, 3.63) is 65.7 Å². The average Bonchev–Trinajstić information content (AvgIpc) is 2.75. The summed E-state index contributed by atoms with van der Waals surface area (Å²) in [6.07, 6.45) is 0.0603. The SMILES string of the molecule is CC(C)Oc1ccc(C(=O)NCCS(=O)(=O)N2CCN(Cc3ccccc3)CC2)cc1.Cl. The zero-order valence-corrected chi connectivity index (χ0v) is 20.2. The van der Waals surface area contributed by atoms with Gasteiger partial charge in [0.1, 0.15) is 5.75 Å². The Labute approximate surface area is 197 Å². The normalized spacial score (nSPS) is 15.2. The molecule has 32 heavy (non-hydrogen) atoms. The first-order chi connectivity index (χ1) is 14.8. The minimum Gasteiger partial charge on any atom is -0.491 e. The molecule has 1 amide bonds. The number of rotatable bonds is 9. The van der Waals surface area contributed by atoms with Crippen LogP contribution in [0.5, 0.6) is 5.75 Å². The van der Waals surface area contributed by atoms with Crippen molar-refractivity contribution < 1.29 is 17.9 Å². The van der Waals surface area contributed by atoms with Crippen LogP contribution in [0.3, 0.4) is 0 Å². The summed E-state index contributed by atoms with van der Waals surface area (Å²) < 4.78 is 32.4. The number of carbonyl (C=O) groups is 1. The summed E-state index contributed by atoms with van der Waals surface area (Å²) in [5.41, 5.74) is 1.70. The fourth-order valence-electron chi connectivity index (χ4n) is 3.49. The highest BCUT2D eigenvalue weighted by Gasteiger charge is 2.26. The number of halogens is 1. The number of sulfonamides is 1. The summed E-state index contributed by atoms with van der Waals surface area (Å²) in [6.45, 7) is 7.12. The Morgan fingerprint density at radius 2 is 1.62 bits per heavy atom. The predicted octanol–water partition coefficient (Wildman–Crippen LogP) is 2.77. The fraction of sp³-hybridized carbons (Fsp3) is 0.435. The van der Waals surface area contributed by atoms with Crippen LogP contribution in [0.25, 0.3) is 0 Å². The van der Waals surface area contributed by atoms with Gasteiger partial charge in [-0.1, -0.05) is 30.3 Å². The Balaban J connectivity index is 0.00000363. The molecule has 0 radical (unpaired) electrons. The van der Waals surface area contributed by atoms with Gasteiger partial charge in [-0.25, -0.2) is 8.42 Å². The first kappa shape index (κ1) is 26.1. The summed E-state index contributed by atoms with van der Waals surface area (Å²) in [4.78, 5) is 14.5. The Bertz CT molecular complexity index is 945. The number of nitrogens with one attached hydrogen (secondary N) is 1. The standard InChI is InChI=1S/C23H31N3O4S.ClH/c1-19(2)30-22-10-8-21(9-11-22)23(27)24-12-17-31(28,29)26-15-13-25(14-16-26)18-20-6-4-3-5-7-20;/h3-11,19H,12-18H2,1-2H3,(H,24,27);1H. The van der Waals surface area contributed by atoms with Gasteiger partial charge in [-0.2, -0.15) is 4.31 Å². The number of benzene rings is 2. The van der Waals surface area contributed by atoms with Crippen molar-refractivity contribution in [1.82, 2.24) is 14.5 Å². The number of ether oxygens (including phenoxy) is 1. The van der Waals surface area contributed by atoms with Crippen molar-refractivity contribution in [1.29, 1.82) is 0 Å². The monoisotopic (exact) mass is 481 g/mol. The van der Waals surface area contributed by atoms with Crippen LogP contribution in [0, 0.1) is 0 Å². The molecule has 2 aromatic rings. The number of hydrogen-bond acceptors (Lipinski definition) is 5. The second-order valence-electron chi connectivity index (χ2n) is 7.92. The minimum absolute atomic E-state index is 0. The lowest BCUT2D eigenvalue weighted by atomic mass is 10.2. The summed E-state index contributed by atoms with van der Waals surface area (Å²) >= 11 is 0. The van der Waals surface area contributed by atoms with E-state index in [1.54, 1.807) is 24.3 Å². The molecule has 1 saturated heterocycles. The van der Waals surface area contributed by atoms with Gasteiger partial charge in [0.2, 0.25) is 10.0 Å². The van der Waals surface area contributed by atoms with E-state index in [4.69, 9.17) is 4.74 Å². The van der Waals surface area contributed by atoms with E-state index in [9.17, 15) is 13.2 Å². The molecule has 9 heteroatoms. The number of carbonyl (C=O) groups excluding carboxylic acids is 1. The van der Waals surface area contributed by atoms with Gasteiger partial charge in [0, 0.05) is 44.8 Å². The van der Waals surface area contributed by atoms with E-state index in [0.29, 0.717) is 37.5 Å². The van der Waals surface area contributed by atoms with Crippen molar-refractivity contribution in [2.45, 2.75) is 26.5 Å². The molecule has 7 nitrogen and oxygen atoms in total. The Morgan fingerprint density at radius 1 is 1.00 bits per heavy atom. The molecule has 0 aromatic heterocycles. The van der Waals surface area contributed by atoms with Gasteiger partial charge in [-0.05, 0) is 43.7 Å². The zero-order valence-electron chi connectivity index (χ0n) is 18.6. The molecule has 176 valence electrons. The largest absolute Gasteiger partial charge is 0.491 e. The zero-order chi connectivity index (χ0) is 22.3. The van der Waals surface area contributed by atoms with Crippen LogP contribution in [-0.4, -0.2) is 68.1 Å². The maximum Gasteiger partial charge on any atom is 0.251 e. The van der Waals surface area contributed by atoms with Gasteiger partial charge in [0.25, 0.3) is 5.91 Å². The minimum atomic E-state index is -3.41. The maximum atomic E-state index is 12.7. The molecular formula is C23H32ClN3O4S. The molecule has 1 aliphatic heterocycles. The highest BCUT2D eigenvalue weighted by molar-refractivity contribution is 7.89. The molecule has 1 fully saturated rings. The van der Waals surface area contributed by atoms with E-state index < -0.39 is 10.0 Å². The first-order valence-corrected chi connectivity index (χ1v) is 12.2. The molecule has 0 spiro atoms. The predicted molar refractivity (Wildman–Crippen MR) is 129 cm³/mol. The fourth-order valence-corrected chi connectivity index (χ4v) is 4.83. The first-order valence-electron chi connectivity index (χ1n) is 10.6. The number of amides is 1. The van der Waals surface area contributed by atoms with E-state index in [0.717, 1.165) is 6.54 Å². The number of piperazine rings is 1. The second-order valence-corrected chi connectivity index (χ2v) is 10.0. The van der Waals surface area contributed by atoms with Crippen LogP contribution in [0.15, 0.2) is 54.6 Å². The van der Waals surface area contributed by atoms with E-state index in [-0.39, 0.29) is 36.7 Å². The van der Waals surface area contributed by atoms with Crippen molar-refractivity contribution in [3.63, 3.8) is 0 Å². The van der Waals surface area contributed by atoms with Gasteiger partial charge in [-0.15, -0.1) is 12.4 Å². The molecule has 3 rings (SSSR count). The lowest BCUT2D eigenvalue weighted by Gasteiger charge is -2.34. The molecule has 1 heterocycles. The summed E-state index contributed by atoms with van der Waals surface area (Å²) in [5.74, 6) is 0.297. The summed E-state index contributed by atoms with van der Waals surface area (Å²) in [7, 11) is -3.41. The van der Waals surface area contributed by atoms with Crippen LogP contribution in [-0.2, 0) is 16.6 Å². The molecule has 1 aliphatic rings. The third-order valence-electron chi connectivity index (χ3n) is 5.11. The highest BCUT2D eigenvalue weighted by Crippen LogP contribution is 2.14. The van der Waals surface area contributed by atoms with Gasteiger partial charge >= 0.3 is 0 Å². The van der Waals surface area contributed by atoms with E-state index in [1.807, 2.05) is 32.0 Å². The number of hydrogen-bond donors (Lipinski definition) is 1. The highest BCUT2D eigenvalue weighted by atomic mass is 35.5. The lowest BCUT2D eigenvalue weighted by molar-refractivity contribution is 0.0956. The molecule has 2 aromatic carbocycles. The second kappa shape index (κ2) is 12.2. The maximum absolute atomic E-state index is 12.7. The molecule has 0 unspecified atom stereocenters. The van der Waals surface area contributed by atoms with Gasteiger partial charge in [-0.3, -0.25) is 9.69 Å². The topological polar surface area (TPSA) is 78.9 Å². The van der Waals surface area contributed by atoms with E-state index in [1.165, 1.54) is 9.87 Å². The number of nitrogens with zero attached hydrogens (tertiary/aromatic N) is 2. The van der Waals surface area contributed by atoms with Crippen LogP contribution in [0.1, 0.15) is 29.8 Å². The van der Waals surface area contributed by atoms with Crippen LogP contribution in [0.4, 0.5) is 0 Å². The lowest BCUT2D eigenvalue weighted by Crippen LogP contribution is -2.49. The molecule has 0 saturated carbocycles. The van der Waals surface area contributed by atoms with Gasteiger partial charge < -0.3 is 10.1 Å². The van der Waals surface area contributed by atoms with Crippen molar-refractivity contribution >= 4 is 28.3 Å². The quantitative estimate of drug-likeness (QED) is 0.595. The summed E-state index contributed by atoms with van der Waals surface area (Å²) in [6, 6.07) is 17.0. The average molecular weight is 482 g/mol. The molecule has 1 N–H and O–H groups in total. The third kappa shape index (κ3) is 7.78. The third-order valence-corrected chi connectivity index (χ3v) is 6.98. The molecular weight excluding hydrogens is 450 g/mol. The van der Waals surface area contributed by atoms with Crippen LogP contribution < -0.4 is 10.1 Å². The van der Waals surface area contributed by atoms with Crippen molar-refractivity contribution in [2.75, 3.05) is 38.5 Å². The van der Waals surface area contributed by atoms with Gasteiger partial charge in [0.15, 0.2) is 0 Å². The van der Waals surface area contributed by atoms with Crippen molar-refractivity contribution in [3.8, 4) is 5.75 Å². The van der Waals surface area contributed by atoms with E-state index >= 15 is 0 Å². The Morgan fingerprint density at radius 3 is 2.22 bits per heavy atom. The Kier molecular flexibility index (Phi) is 9.96. The van der Waals surface area contributed by atoms with Crippen LogP contribution >= 0.6 is 12.4 Å². The smallest absolute Gasteiger partial charge is 0.251 e. The van der Waals surface area contributed by atoms with Crippen LogP contribution in [0.2, 0.25) is 0 Å².